The molecule has 58 heavy (non-hydrogen) atoms. The quantitative estimate of drug-likeness (QED) is 0.164. The van der Waals surface area contributed by atoms with Gasteiger partial charge in [-0.15, -0.1) is 11.3 Å². The fourth-order valence-corrected chi connectivity index (χ4v) is 9.99. The largest absolute Gasteiger partial charge is 0.456 e. The van der Waals surface area contributed by atoms with Gasteiger partial charge in [-0.05, 0) is 35.4 Å². The van der Waals surface area contributed by atoms with Crippen molar-refractivity contribution in [2.24, 2.45) is 0 Å². The van der Waals surface area contributed by atoms with Crippen molar-refractivity contribution in [1.29, 1.82) is 0 Å². The third-order valence-electron chi connectivity index (χ3n) is 11.3. The van der Waals surface area contributed by atoms with E-state index in [2.05, 4.69) is 146 Å². The Bertz CT molecular complexity index is 3550. The van der Waals surface area contributed by atoms with E-state index in [0.29, 0.717) is 5.82 Å². The van der Waals surface area contributed by atoms with Crippen molar-refractivity contribution in [2.45, 2.75) is 0 Å². The zero-order valence-corrected chi connectivity index (χ0v) is 31.9. The molecular formula is C53H31N3OS. The third kappa shape index (κ3) is 5.18. The molecule has 0 N–H and O–H groups in total. The average molecular weight is 758 g/mol. The molecule has 0 saturated heterocycles. The number of benzene rings is 8. The van der Waals surface area contributed by atoms with Gasteiger partial charge < -0.3 is 4.42 Å². The van der Waals surface area contributed by atoms with Crippen LogP contribution in [0.3, 0.4) is 0 Å². The van der Waals surface area contributed by atoms with Crippen molar-refractivity contribution in [3.05, 3.63) is 188 Å². The van der Waals surface area contributed by atoms with E-state index in [0.717, 1.165) is 72.4 Å². The van der Waals surface area contributed by atoms with Crippen LogP contribution in [-0.2, 0) is 0 Å². The Morgan fingerprint density at radius 3 is 1.83 bits per heavy atom. The second-order valence-electron chi connectivity index (χ2n) is 14.7. The van der Waals surface area contributed by atoms with Crippen LogP contribution in [0.2, 0.25) is 0 Å². The van der Waals surface area contributed by atoms with Crippen molar-refractivity contribution in [2.75, 3.05) is 0 Å². The molecule has 0 radical (unpaired) electrons. The number of furan rings is 1. The maximum atomic E-state index is 6.27. The van der Waals surface area contributed by atoms with Crippen LogP contribution in [-0.4, -0.2) is 15.0 Å². The van der Waals surface area contributed by atoms with E-state index in [1.165, 1.54) is 41.9 Å². The topological polar surface area (TPSA) is 51.8 Å². The summed E-state index contributed by atoms with van der Waals surface area (Å²) in [7, 11) is 0. The minimum atomic E-state index is 0.683. The van der Waals surface area contributed by atoms with Crippen LogP contribution in [0.1, 0.15) is 0 Å². The molecule has 0 atom stereocenters. The first-order chi connectivity index (χ1) is 28.7. The minimum Gasteiger partial charge on any atom is -0.456 e. The van der Waals surface area contributed by atoms with Gasteiger partial charge in [-0.1, -0.05) is 164 Å². The number of nitrogens with zero attached hydrogens (tertiary/aromatic N) is 3. The Morgan fingerprint density at radius 2 is 0.983 bits per heavy atom. The first kappa shape index (κ1) is 32.7. The van der Waals surface area contributed by atoms with Crippen molar-refractivity contribution in [3.8, 4) is 56.3 Å². The average Bonchev–Trinajstić information content (AvgIpc) is 3.88. The molecule has 0 amide bonds. The van der Waals surface area contributed by atoms with Gasteiger partial charge in [-0.2, -0.15) is 0 Å². The van der Waals surface area contributed by atoms with Gasteiger partial charge in [0, 0.05) is 69.4 Å². The molecule has 5 heteroatoms. The highest BCUT2D eigenvalue weighted by atomic mass is 32.1. The van der Waals surface area contributed by atoms with Crippen molar-refractivity contribution in [1.82, 2.24) is 15.0 Å². The number of fused-ring (bicyclic) bond motifs is 10. The highest BCUT2D eigenvalue weighted by molar-refractivity contribution is 7.27. The van der Waals surface area contributed by atoms with Crippen LogP contribution in [0.5, 0.6) is 0 Å². The normalized spacial score (nSPS) is 11.8. The number of aromatic nitrogens is 3. The van der Waals surface area contributed by atoms with Gasteiger partial charge in [0.05, 0.1) is 22.6 Å². The molecule has 4 heterocycles. The number of para-hydroxylation sites is 2. The fraction of sp³-hybridized carbons (Fsp3) is 0. The molecule has 8 aromatic carbocycles. The van der Waals surface area contributed by atoms with Crippen LogP contribution in [0, 0.1) is 0 Å². The van der Waals surface area contributed by atoms with E-state index < -0.39 is 0 Å². The third-order valence-corrected chi connectivity index (χ3v) is 12.6. The summed E-state index contributed by atoms with van der Waals surface area (Å²) < 4.78 is 8.83. The molecule has 0 bridgehead atoms. The molecule has 4 nitrogen and oxygen atoms in total. The number of pyridine rings is 1. The van der Waals surface area contributed by atoms with Crippen LogP contribution in [0.15, 0.2) is 192 Å². The molecule has 0 aliphatic carbocycles. The van der Waals surface area contributed by atoms with Crippen LogP contribution in [0.25, 0.3) is 120 Å². The SMILES string of the molecule is c1ccc(-c2nc(-c3ccc(-c4cccc5c4sc4c5ccc5c(-c6ccccc6)nc6ccccc6c54)cc3)cc(-c3cccc4oc5ccccc5c34)n2)cc1. The molecule has 0 aliphatic rings. The second kappa shape index (κ2) is 13.1. The maximum Gasteiger partial charge on any atom is 0.160 e. The molecule has 0 fully saturated rings. The van der Waals surface area contributed by atoms with E-state index >= 15 is 0 Å². The lowest BCUT2D eigenvalue weighted by atomic mass is 9.97. The zero-order chi connectivity index (χ0) is 38.2. The first-order valence-electron chi connectivity index (χ1n) is 19.4. The van der Waals surface area contributed by atoms with E-state index in [1.807, 2.05) is 53.8 Å². The lowest BCUT2D eigenvalue weighted by Gasteiger charge is -2.11. The summed E-state index contributed by atoms with van der Waals surface area (Å²) in [5, 5.41) is 8.27. The Balaban J connectivity index is 1.01. The summed E-state index contributed by atoms with van der Waals surface area (Å²) in [6.45, 7) is 0. The van der Waals surface area contributed by atoms with Gasteiger partial charge in [0.25, 0.3) is 0 Å². The van der Waals surface area contributed by atoms with Gasteiger partial charge in [0.15, 0.2) is 5.82 Å². The molecule has 4 aromatic heterocycles. The Kier molecular flexibility index (Phi) is 7.37. The highest BCUT2D eigenvalue weighted by Crippen LogP contribution is 2.46. The molecule has 0 aliphatic heterocycles. The summed E-state index contributed by atoms with van der Waals surface area (Å²) in [4.78, 5) is 15.5. The van der Waals surface area contributed by atoms with Gasteiger partial charge in [0.2, 0.25) is 0 Å². The Labute approximate surface area is 337 Å². The summed E-state index contributed by atoms with van der Waals surface area (Å²) in [6.07, 6.45) is 0. The van der Waals surface area contributed by atoms with Gasteiger partial charge in [-0.25, -0.2) is 15.0 Å². The lowest BCUT2D eigenvalue weighted by Crippen LogP contribution is -1.96. The van der Waals surface area contributed by atoms with Crippen LogP contribution >= 0.6 is 11.3 Å². The zero-order valence-electron chi connectivity index (χ0n) is 31.1. The molecule has 0 spiro atoms. The fourth-order valence-electron chi connectivity index (χ4n) is 8.59. The molecule has 12 rings (SSSR count). The standard InChI is InChI=1S/C53H31N3OS/c1-3-13-34(14-4-1)50-42-30-29-38-37-20-11-19-36(51(37)58-52(38)49(42)39-17-7-9-22-43(39)54-50)32-25-27-33(28-26-32)44-31-45(56-53(55-44)35-15-5-2-6-16-35)40-21-12-24-47-48(40)41-18-8-10-23-46(41)57-47/h1-31H. The highest BCUT2D eigenvalue weighted by Gasteiger charge is 2.19. The molecule has 12 aromatic rings. The predicted molar refractivity (Wildman–Crippen MR) is 242 cm³/mol. The summed E-state index contributed by atoms with van der Waals surface area (Å²) in [5.74, 6) is 0.683. The number of thiophene rings is 1. The molecule has 270 valence electrons. The van der Waals surface area contributed by atoms with Crippen molar-refractivity contribution in [3.63, 3.8) is 0 Å². The minimum absolute atomic E-state index is 0.683. The van der Waals surface area contributed by atoms with Crippen LogP contribution < -0.4 is 0 Å². The lowest BCUT2D eigenvalue weighted by molar-refractivity contribution is 0.669. The molecule has 0 saturated carbocycles. The predicted octanol–water partition coefficient (Wildman–Crippen LogP) is 14.8. The first-order valence-corrected chi connectivity index (χ1v) is 20.2. The van der Waals surface area contributed by atoms with E-state index in [1.54, 1.807) is 0 Å². The Hall–Kier alpha value is -7.47. The molecular weight excluding hydrogens is 727 g/mol. The summed E-state index contributed by atoms with van der Waals surface area (Å²) in [6, 6.07) is 65.9. The van der Waals surface area contributed by atoms with E-state index in [4.69, 9.17) is 19.4 Å². The summed E-state index contributed by atoms with van der Waals surface area (Å²) >= 11 is 1.88. The van der Waals surface area contributed by atoms with E-state index in [9.17, 15) is 0 Å². The van der Waals surface area contributed by atoms with Gasteiger partial charge >= 0.3 is 0 Å². The van der Waals surface area contributed by atoms with Crippen molar-refractivity contribution < 1.29 is 4.42 Å². The monoisotopic (exact) mass is 757 g/mol. The summed E-state index contributed by atoms with van der Waals surface area (Å²) in [5.41, 5.74) is 12.0. The number of hydrogen-bond acceptors (Lipinski definition) is 5. The van der Waals surface area contributed by atoms with Crippen LogP contribution in [0.4, 0.5) is 0 Å². The second-order valence-corrected chi connectivity index (χ2v) is 15.7. The maximum absolute atomic E-state index is 6.27. The smallest absolute Gasteiger partial charge is 0.160 e. The molecule has 0 unspecified atom stereocenters. The number of hydrogen-bond donors (Lipinski definition) is 0. The van der Waals surface area contributed by atoms with Gasteiger partial charge in [0.1, 0.15) is 11.2 Å². The van der Waals surface area contributed by atoms with Gasteiger partial charge in [-0.3, -0.25) is 0 Å². The van der Waals surface area contributed by atoms with Crippen molar-refractivity contribution >= 4 is 75.1 Å². The Morgan fingerprint density at radius 1 is 0.362 bits per heavy atom. The van der Waals surface area contributed by atoms with E-state index in [-0.39, 0.29) is 0 Å². The number of rotatable bonds is 5.